The lowest BCUT2D eigenvalue weighted by atomic mass is 9.97. The van der Waals surface area contributed by atoms with Crippen molar-refractivity contribution in [3.05, 3.63) is 11.7 Å². The van der Waals surface area contributed by atoms with Crippen LogP contribution in [-0.4, -0.2) is 29.2 Å². The molecule has 140 valence electrons. The largest absolute Gasteiger partial charge is 0.354 e. The van der Waals surface area contributed by atoms with Crippen molar-refractivity contribution in [3.8, 4) is 0 Å². The normalized spacial score (nSPS) is 13.3. The minimum atomic E-state index is -0.127. The standard InChI is InChI=1S/C17H33N5O.HI/c1-7-8-9-10-11-13(2)20-16(18-6)19-12-14-21-15(23-22-14)17(3,4)5;/h13H,7-12H2,1-6H3,(H2,18,19,20);1H. The van der Waals surface area contributed by atoms with Gasteiger partial charge in [-0.25, -0.2) is 0 Å². The number of guanidine groups is 1. The molecule has 1 rings (SSSR count). The second-order valence-electron chi connectivity index (χ2n) is 7.09. The first-order valence-electron chi connectivity index (χ1n) is 8.67. The Morgan fingerprint density at radius 1 is 1.25 bits per heavy atom. The van der Waals surface area contributed by atoms with Crippen LogP contribution < -0.4 is 10.6 Å². The topological polar surface area (TPSA) is 75.3 Å². The summed E-state index contributed by atoms with van der Waals surface area (Å²) in [6.07, 6.45) is 6.28. The molecule has 0 amide bonds. The molecule has 0 bridgehead atoms. The Labute approximate surface area is 163 Å². The number of aliphatic imine (C=N–C) groups is 1. The molecule has 0 fully saturated rings. The fraction of sp³-hybridized carbons (Fsp3) is 0.824. The van der Waals surface area contributed by atoms with E-state index in [9.17, 15) is 0 Å². The first-order valence-corrected chi connectivity index (χ1v) is 8.67. The number of unbranched alkanes of at least 4 members (excludes halogenated alkanes) is 3. The summed E-state index contributed by atoms with van der Waals surface area (Å²) in [5.41, 5.74) is -0.127. The highest BCUT2D eigenvalue weighted by Crippen LogP contribution is 2.19. The van der Waals surface area contributed by atoms with E-state index in [1.807, 2.05) is 0 Å². The summed E-state index contributed by atoms with van der Waals surface area (Å²) in [4.78, 5) is 8.67. The molecule has 0 spiro atoms. The van der Waals surface area contributed by atoms with E-state index in [1.165, 1.54) is 25.7 Å². The van der Waals surface area contributed by atoms with E-state index in [-0.39, 0.29) is 29.4 Å². The quantitative estimate of drug-likeness (QED) is 0.270. The molecule has 0 aliphatic heterocycles. The molecule has 1 unspecified atom stereocenters. The fourth-order valence-corrected chi connectivity index (χ4v) is 2.17. The first-order chi connectivity index (χ1) is 10.9. The minimum Gasteiger partial charge on any atom is -0.354 e. The number of halogens is 1. The van der Waals surface area contributed by atoms with Crippen molar-refractivity contribution in [3.63, 3.8) is 0 Å². The van der Waals surface area contributed by atoms with Crippen molar-refractivity contribution < 1.29 is 4.52 Å². The molecule has 2 N–H and O–H groups in total. The molecule has 1 aromatic heterocycles. The smallest absolute Gasteiger partial charge is 0.232 e. The molecular weight excluding hydrogens is 417 g/mol. The Morgan fingerprint density at radius 2 is 1.96 bits per heavy atom. The molecule has 6 nitrogen and oxygen atoms in total. The Hall–Kier alpha value is -0.860. The van der Waals surface area contributed by atoms with Crippen molar-refractivity contribution in [2.45, 2.75) is 84.7 Å². The number of nitrogens with one attached hydrogen (secondary N) is 2. The predicted octanol–water partition coefficient (Wildman–Crippen LogP) is 4.01. The first kappa shape index (κ1) is 23.1. The highest BCUT2D eigenvalue weighted by atomic mass is 127. The monoisotopic (exact) mass is 451 g/mol. The Balaban J connectivity index is 0.00000529. The summed E-state index contributed by atoms with van der Waals surface area (Å²) in [7, 11) is 1.77. The molecule has 1 atom stereocenters. The third-order valence-corrected chi connectivity index (χ3v) is 3.62. The number of hydrogen-bond donors (Lipinski definition) is 2. The van der Waals surface area contributed by atoms with Crippen LogP contribution in [0, 0.1) is 0 Å². The van der Waals surface area contributed by atoms with E-state index in [4.69, 9.17) is 4.52 Å². The van der Waals surface area contributed by atoms with Gasteiger partial charge in [0.25, 0.3) is 0 Å². The molecular formula is C17H34IN5O. The highest BCUT2D eigenvalue weighted by Gasteiger charge is 2.21. The second kappa shape index (κ2) is 11.7. The number of aromatic nitrogens is 2. The number of nitrogens with zero attached hydrogens (tertiary/aromatic N) is 3. The van der Waals surface area contributed by atoms with Gasteiger partial charge in [-0.15, -0.1) is 24.0 Å². The van der Waals surface area contributed by atoms with Gasteiger partial charge in [-0.2, -0.15) is 4.98 Å². The van der Waals surface area contributed by atoms with Crippen LogP contribution in [0.3, 0.4) is 0 Å². The van der Waals surface area contributed by atoms with E-state index in [1.54, 1.807) is 7.05 Å². The van der Waals surface area contributed by atoms with Crippen LogP contribution in [0.25, 0.3) is 0 Å². The Kier molecular flexibility index (Phi) is 11.2. The lowest BCUT2D eigenvalue weighted by Gasteiger charge is -2.17. The third kappa shape index (κ3) is 8.84. The van der Waals surface area contributed by atoms with Crippen LogP contribution in [0.2, 0.25) is 0 Å². The zero-order valence-electron chi connectivity index (χ0n) is 16.0. The minimum absolute atomic E-state index is 0. The van der Waals surface area contributed by atoms with E-state index in [2.05, 4.69) is 60.4 Å². The summed E-state index contributed by atoms with van der Waals surface area (Å²) in [5.74, 6) is 2.07. The van der Waals surface area contributed by atoms with E-state index in [0.717, 1.165) is 12.4 Å². The summed E-state index contributed by atoms with van der Waals surface area (Å²) in [5, 5.41) is 10.6. The van der Waals surface area contributed by atoms with E-state index >= 15 is 0 Å². The van der Waals surface area contributed by atoms with Crippen LogP contribution >= 0.6 is 24.0 Å². The fourth-order valence-electron chi connectivity index (χ4n) is 2.17. The van der Waals surface area contributed by atoms with Gasteiger partial charge in [0.1, 0.15) is 0 Å². The van der Waals surface area contributed by atoms with Gasteiger partial charge in [0.2, 0.25) is 5.89 Å². The molecule has 7 heteroatoms. The summed E-state index contributed by atoms with van der Waals surface area (Å²) in [6, 6.07) is 0.397. The van der Waals surface area contributed by atoms with Gasteiger partial charge in [-0.3, -0.25) is 4.99 Å². The van der Waals surface area contributed by atoms with E-state index < -0.39 is 0 Å². The summed E-state index contributed by atoms with van der Waals surface area (Å²) < 4.78 is 5.29. The molecule has 0 radical (unpaired) electrons. The molecule has 0 saturated heterocycles. The van der Waals surface area contributed by atoms with Crippen LogP contribution in [0.1, 0.15) is 78.4 Å². The summed E-state index contributed by atoms with van der Waals surface area (Å²) in [6.45, 7) is 11.1. The molecule has 1 heterocycles. The van der Waals surface area contributed by atoms with Crippen molar-refractivity contribution in [1.82, 2.24) is 20.8 Å². The SMILES string of the molecule is CCCCCCC(C)NC(=NC)NCc1noc(C(C)(C)C)n1.I. The molecule has 0 aromatic carbocycles. The van der Waals surface area contributed by atoms with E-state index in [0.29, 0.717) is 24.3 Å². The lowest BCUT2D eigenvalue weighted by Crippen LogP contribution is -2.42. The maximum absolute atomic E-state index is 5.29. The maximum Gasteiger partial charge on any atom is 0.232 e. The number of rotatable bonds is 8. The Morgan fingerprint density at radius 3 is 2.50 bits per heavy atom. The number of hydrogen-bond acceptors (Lipinski definition) is 4. The second-order valence-corrected chi connectivity index (χ2v) is 7.09. The van der Waals surface area contributed by atoms with Crippen molar-refractivity contribution in [1.29, 1.82) is 0 Å². The van der Waals surface area contributed by atoms with Crippen LogP contribution in [0.5, 0.6) is 0 Å². The van der Waals surface area contributed by atoms with Gasteiger partial charge >= 0.3 is 0 Å². The molecule has 0 saturated carbocycles. The van der Waals surface area contributed by atoms with Crippen molar-refractivity contribution >= 4 is 29.9 Å². The third-order valence-electron chi connectivity index (χ3n) is 3.62. The van der Waals surface area contributed by atoms with Gasteiger partial charge in [0.05, 0.1) is 6.54 Å². The van der Waals surface area contributed by atoms with Crippen molar-refractivity contribution in [2.75, 3.05) is 7.05 Å². The van der Waals surface area contributed by atoms with Crippen LogP contribution in [-0.2, 0) is 12.0 Å². The average Bonchev–Trinajstić information content (AvgIpc) is 2.97. The zero-order chi connectivity index (χ0) is 17.3. The predicted molar refractivity (Wildman–Crippen MR) is 110 cm³/mol. The van der Waals surface area contributed by atoms with Gasteiger partial charge in [0.15, 0.2) is 11.8 Å². The molecule has 0 aliphatic carbocycles. The lowest BCUT2D eigenvalue weighted by molar-refractivity contribution is 0.318. The average molecular weight is 451 g/mol. The zero-order valence-corrected chi connectivity index (χ0v) is 18.3. The highest BCUT2D eigenvalue weighted by molar-refractivity contribution is 14.0. The van der Waals surface area contributed by atoms with Crippen molar-refractivity contribution in [2.24, 2.45) is 4.99 Å². The Bertz CT molecular complexity index is 482. The van der Waals surface area contributed by atoms with Gasteiger partial charge < -0.3 is 15.2 Å². The maximum atomic E-state index is 5.29. The molecule has 0 aliphatic rings. The summed E-state index contributed by atoms with van der Waals surface area (Å²) >= 11 is 0. The van der Waals surface area contributed by atoms with Gasteiger partial charge in [-0.05, 0) is 13.3 Å². The molecule has 24 heavy (non-hydrogen) atoms. The molecule has 1 aromatic rings. The van der Waals surface area contributed by atoms with Crippen LogP contribution in [0.15, 0.2) is 9.52 Å². The van der Waals surface area contributed by atoms with Gasteiger partial charge in [-0.1, -0.05) is 58.5 Å². The van der Waals surface area contributed by atoms with Crippen LogP contribution in [0.4, 0.5) is 0 Å². The van der Waals surface area contributed by atoms with Gasteiger partial charge in [0, 0.05) is 18.5 Å².